The molecule has 146 valence electrons. The molecule has 0 saturated carbocycles. The van der Waals surface area contributed by atoms with E-state index in [0.717, 1.165) is 23.3 Å². The van der Waals surface area contributed by atoms with Gasteiger partial charge in [0.1, 0.15) is 5.75 Å². The van der Waals surface area contributed by atoms with Crippen LogP contribution in [0.25, 0.3) is 0 Å². The topological polar surface area (TPSA) is 50.4 Å². The second kappa shape index (κ2) is 7.90. The van der Waals surface area contributed by atoms with Gasteiger partial charge in [-0.15, -0.1) is 0 Å². The van der Waals surface area contributed by atoms with Gasteiger partial charge in [-0.2, -0.15) is 13.2 Å². The quantitative estimate of drug-likeness (QED) is 0.691. The van der Waals surface area contributed by atoms with Crippen molar-refractivity contribution in [3.05, 3.63) is 59.2 Å². The third kappa shape index (κ3) is 5.91. The molecule has 0 radical (unpaired) electrons. The predicted molar refractivity (Wildman–Crippen MR) is 99.0 cm³/mol. The van der Waals surface area contributed by atoms with E-state index in [1.54, 1.807) is 0 Å². The highest BCUT2D eigenvalue weighted by molar-refractivity contribution is 5.89. The van der Waals surface area contributed by atoms with Gasteiger partial charge in [0.15, 0.2) is 6.73 Å². The molecule has 0 aliphatic carbocycles. The number of rotatable bonds is 4. The van der Waals surface area contributed by atoms with Crippen molar-refractivity contribution in [2.75, 3.05) is 12.0 Å². The second-order valence-electron chi connectivity index (χ2n) is 7.25. The van der Waals surface area contributed by atoms with Crippen LogP contribution in [0, 0.1) is 6.92 Å². The van der Waals surface area contributed by atoms with Crippen molar-refractivity contribution in [1.29, 1.82) is 0 Å². The summed E-state index contributed by atoms with van der Waals surface area (Å²) in [5.74, 6) is 0.646. The Labute approximate surface area is 156 Å². The number of carbonyl (C=O) groups excluding carboxylic acids is 1. The Hall–Kier alpha value is -2.70. The van der Waals surface area contributed by atoms with Crippen LogP contribution in [-0.4, -0.2) is 12.8 Å². The molecule has 27 heavy (non-hydrogen) atoms. The molecule has 0 aliphatic rings. The van der Waals surface area contributed by atoms with Gasteiger partial charge in [0, 0.05) is 5.69 Å². The average molecular weight is 380 g/mol. The Bertz CT molecular complexity index is 812. The Balaban J connectivity index is 1.96. The SMILES string of the molecule is Cc1ccc(OCNC(=O)Nc2cccc(C(F)(F)F)c2)c(C(C)(C)C)c1. The molecule has 2 aromatic carbocycles. The minimum Gasteiger partial charge on any atom is -0.473 e. The molecule has 2 N–H and O–H groups in total. The molecule has 2 rings (SSSR count). The molecule has 7 heteroatoms. The highest BCUT2D eigenvalue weighted by Crippen LogP contribution is 2.32. The number of amides is 2. The lowest BCUT2D eigenvalue weighted by atomic mass is 9.85. The van der Waals surface area contributed by atoms with Crippen LogP contribution >= 0.6 is 0 Å². The molecule has 0 saturated heterocycles. The normalized spacial score (nSPS) is 11.8. The van der Waals surface area contributed by atoms with Crippen LogP contribution in [-0.2, 0) is 11.6 Å². The van der Waals surface area contributed by atoms with E-state index >= 15 is 0 Å². The molecular formula is C20H23F3N2O2. The summed E-state index contributed by atoms with van der Waals surface area (Å²) in [6.45, 7) is 8.05. The first-order chi connectivity index (χ1) is 12.5. The number of anilines is 1. The summed E-state index contributed by atoms with van der Waals surface area (Å²) in [6.07, 6.45) is -4.47. The van der Waals surface area contributed by atoms with Crippen molar-refractivity contribution in [3.8, 4) is 5.75 Å². The Kier molecular flexibility index (Phi) is 6.03. The van der Waals surface area contributed by atoms with Crippen LogP contribution in [0.1, 0.15) is 37.5 Å². The zero-order chi connectivity index (χ0) is 20.2. The average Bonchev–Trinajstić information content (AvgIpc) is 2.54. The number of ether oxygens (including phenoxy) is 1. The van der Waals surface area contributed by atoms with Gasteiger partial charge in [0.2, 0.25) is 0 Å². The van der Waals surface area contributed by atoms with E-state index in [2.05, 4.69) is 31.4 Å². The molecule has 0 heterocycles. The first-order valence-electron chi connectivity index (χ1n) is 8.43. The lowest BCUT2D eigenvalue weighted by Crippen LogP contribution is -2.32. The van der Waals surface area contributed by atoms with Crippen molar-refractivity contribution in [2.24, 2.45) is 0 Å². The fraction of sp³-hybridized carbons (Fsp3) is 0.350. The molecule has 0 spiro atoms. The minimum absolute atomic E-state index is 0.0491. The molecule has 0 aliphatic heterocycles. The van der Waals surface area contributed by atoms with Gasteiger partial charge in [0.05, 0.1) is 5.56 Å². The lowest BCUT2D eigenvalue weighted by Gasteiger charge is -2.23. The minimum atomic E-state index is -4.47. The van der Waals surface area contributed by atoms with Crippen LogP contribution in [0.15, 0.2) is 42.5 Å². The summed E-state index contributed by atoms with van der Waals surface area (Å²) in [5.41, 5.74) is 1.19. The number of halogens is 3. The van der Waals surface area contributed by atoms with Crippen LogP contribution in [0.3, 0.4) is 0 Å². The monoisotopic (exact) mass is 380 g/mol. The van der Waals surface area contributed by atoms with Crippen molar-refractivity contribution in [3.63, 3.8) is 0 Å². The Morgan fingerprint density at radius 2 is 1.78 bits per heavy atom. The first-order valence-corrected chi connectivity index (χ1v) is 8.43. The number of nitrogens with one attached hydrogen (secondary N) is 2. The van der Waals surface area contributed by atoms with Gasteiger partial charge >= 0.3 is 12.2 Å². The summed E-state index contributed by atoms with van der Waals surface area (Å²) < 4.78 is 43.8. The largest absolute Gasteiger partial charge is 0.473 e. The zero-order valence-corrected chi connectivity index (χ0v) is 15.7. The number of carbonyl (C=O) groups is 1. The number of alkyl halides is 3. The summed E-state index contributed by atoms with van der Waals surface area (Å²) in [4.78, 5) is 11.9. The van der Waals surface area contributed by atoms with E-state index in [1.165, 1.54) is 12.1 Å². The van der Waals surface area contributed by atoms with Crippen LogP contribution in [0.5, 0.6) is 5.75 Å². The van der Waals surface area contributed by atoms with E-state index in [-0.39, 0.29) is 17.8 Å². The van der Waals surface area contributed by atoms with Gasteiger partial charge < -0.3 is 15.4 Å². The van der Waals surface area contributed by atoms with Gasteiger partial charge in [-0.05, 0) is 42.2 Å². The Morgan fingerprint density at radius 1 is 1.07 bits per heavy atom. The first kappa shape index (κ1) is 20.6. The van der Waals surface area contributed by atoms with Crippen molar-refractivity contribution in [1.82, 2.24) is 5.32 Å². The zero-order valence-electron chi connectivity index (χ0n) is 15.7. The second-order valence-corrected chi connectivity index (χ2v) is 7.25. The van der Waals surface area contributed by atoms with Crippen molar-refractivity contribution >= 4 is 11.7 Å². The summed E-state index contributed by atoms with van der Waals surface area (Å²) in [6, 6.07) is 9.55. The Morgan fingerprint density at radius 3 is 2.41 bits per heavy atom. The maximum atomic E-state index is 12.7. The smallest absolute Gasteiger partial charge is 0.416 e. The van der Waals surface area contributed by atoms with Gasteiger partial charge in [0.25, 0.3) is 0 Å². The van der Waals surface area contributed by atoms with Gasteiger partial charge in [-0.1, -0.05) is 44.5 Å². The molecule has 0 aromatic heterocycles. The molecule has 2 aromatic rings. The highest BCUT2D eigenvalue weighted by Gasteiger charge is 2.30. The van der Waals surface area contributed by atoms with E-state index in [9.17, 15) is 18.0 Å². The van der Waals surface area contributed by atoms with Gasteiger partial charge in [-0.25, -0.2) is 4.79 Å². The summed E-state index contributed by atoms with van der Waals surface area (Å²) in [5, 5.41) is 4.84. The summed E-state index contributed by atoms with van der Waals surface area (Å²) >= 11 is 0. The molecule has 0 unspecified atom stereocenters. The number of benzene rings is 2. The fourth-order valence-corrected chi connectivity index (χ4v) is 2.48. The third-order valence-corrected chi connectivity index (χ3v) is 3.85. The molecule has 0 bridgehead atoms. The maximum Gasteiger partial charge on any atom is 0.416 e. The third-order valence-electron chi connectivity index (χ3n) is 3.85. The van der Waals surface area contributed by atoms with Crippen LogP contribution in [0.4, 0.5) is 23.7 Å². The summed E-state index contributed by atoms with van der Waals surface area (Å²) in [7, 11) is 0. The molecule has 2 amide bonds. The maximum absolute atomic E-state index is 12.7. The number of aryl methyl sites for hydroxylation is 1. The van der Waals surface area contributed by atoms with Crippen molar-refractivity contribution < 1.29 is 22.7 Å². The number of hydrogen-bond acceptors (Lipinski definition) is 2. The molecule has 0 fully saturated rings. The standard InChI is InChI=1S/C20H23F3N2O2/c1-13-8-9-17(16(10-13)19(2,3)4)27-12-24-18(26)25-15-7-5-6-14(11-15)20(21,22)23/h5-11H,12H2,1-4H3,(H2,24,25,26). The van der Waals surface area contributed by atoms with Crippen molar-refractivity contribution in [2.45, 2.75) is 39.3 Å². The van der Waals surface area contributed by atoms with Gasteiger partial charge in [-0.3, -0.25) is 0 Å². The highest BCUT2D eigenvalue weighted by atomic mass is 19.4. The lowest BCUT2D eigenvalue weighted by molar-refractivity contribution is -0.137. The van der Waals surface area contributed by atoms with E-state index in [1.807, 2.05) is 25.1 Å². The molecule has 0 atom stereocenters. The fourth-order valence-electron chi connectivity index (χ4n) is 2.48. The number of hydrogen-bond donors (Lipinski definition) is 2. The van der Waals surface area contributed by atoms with Crippen LogP contribution < -0.4 is 15.4 Å². The van der Waals surface area contributed by atoms with E-state index in [0.29, 0.717) is 5.75 Å². The molecule has 4 nitrogen and oxygen atoms in total. The van der Waals surface area contributed by atoms with E-state index < -0.39 is 17.8 Å². The predicted octanol–water partition coefficient (Wildman–Crippen LogP) is 5.47. The van der Waals surface area contributed by atoms with Crippen LogP contribution in [0.2, 0.25) is 0 Å². The number of urea groups is 1. The van der Waals surface area contributed by atoms with E-state index in [4.69, 9.17) is 4.74 Å². The molecular weight excluding hydrogens is 357 g/mol.